The molecule has 3 aliphatic heterocycles. The molecule has 9 fully saturated rings. The first-order valence-corrected chi connectivity index (χ1v) is 27.5. The molecule has 5 unspecified atom stereocenters. The summed E-state index contributed by atoms with van der Waals surface area (Å²) in [6.45, 7) is 21.7. The first-order chi connectivity index (χ1) is 33.5. The van der Waals surface area contributed by atoms with Crippen molar-refractivity contribution in [1.29, 1.82) is 0 Å². The van der Waals surface area contributed by atoms with Gasteiger partial charge < -0.3 is 49.6 Å². The number of hydrogen-bond acceptors (Lipinski definition) is 11. The van der Waals surface area contributed by atoms with Crippen molar-refractivity contribution in [3.8, 4) is 0 Å². The average Bonchev–Trinajstić information content (AvgIpc) is 4.23. The van der Waals surface area contributed by atoms with E-state index < -0.39 is 58.3 Å². The topological polar surface area (TPSA) is 189 Å². The number of epoxide rings is 2. The Labute approximate surface area is 421 Å². The summed E-state index contributed by atoms with van der Waals surface area (Å²) in [7, 11) is 0. The molecule has 8 aliphatic carbocycles. The van der Waals surface area contributed by atoms with E-state index in [0.717, 1.165) is 67.2 Å². The largest absolute Gasteiger partial charge is 0.458 e. The molecule has 7 saturated carbocycles. The zero-order valence-electron chi connectivity index (χ0n) is 43.7. The van der Waals surface area contributed by atoms with Crippen LogP contribution in [0.5, 0.6) is 0 Å². The number of rotatable bonds is 10. The summed E-state index contributed by atoms with van der Waals surface area (Å²) in [6.07, 6.45) is 17.4. The lowest BCUT2D eigenvalue weighted by Crippen LogP contribution is -2.72. The molecule has 2 amide bonds. The predicted molar refractivity (Wildman–Crippen MR) is 265 cm³/mol. The van der Waals surface area contributed by atoms with Gasteiger partial charge >= 0.3 is 18.2 Å². The van der Waals surface area contributed by atoms with Gasteiger partial charge in [-0.3, -0.25) is 0 Å². The molecule has 5 N–H and O–H groups in total. The second kappa shape index (κ2) is 17.0. The Balaban J connectivity index is 0.737. The van der Waals surface area contributed by atoms with Crippen molar-refractivity contribution in [2.45, 2.75) is 223 Å². The number of carbonyl (C=O) groups excluding carboxylic acids is 3. The molecular formula is C58H82N2O11. The molecule has 71 heavy (non-hydrogen) atoms. The van der Waals surface area contributed by atoms with Gasteiger partial charge in [-0.25, -0.2) is 14.4 Å². The Bertz CT molecular complexity index is 2370. The van der Waals surface area contributed by atoms with Gasteiger partial charge in [0.25, 0.3) is 0 Å². The van der Waals surface area contributed by atoms with E-state index in [0.29, 0.717) is 81.6 Å². The number of ether oxygens (including phenoxy) is 5. The summed E-state index contributed by atoms with van der Waals surface area (Å²) in [6, 6.07) is -0.265. The van der Waals surface area contributed by atoms with E-state index in [-0.39, 0.29) is 53.0 Å². The van der Waals surface area contributed by atoms with Crippen molar-refractivity contribution in [2.75, 3.05) is 6.61 Å². The van der Waals surface area contributed by atoms with Gasteiger partial charge in [0.05, 0.1) is 24.4 Å². The zero-order valence-corrected chi connectivity index (χ0v) is 43.7. The van der Waals surface area contributed by atoms with E-state index in [1.54, 1.807) is 0 Å². The number of amides is 2. The maximum atomic E-state index is 14.5. The number of aliphatic hydroxyl groups excluding tert-OH is 2. The molecule has 390 valence electrons. The smallest absolute Gasteiger partial charge is 0.408 e. The highest BCUT2D eigenvalue weighted by atomic mass is 16.7. The number of allylic oxidation sites excluding steroid dienone is 4. The van der Waals surface area contributed by atoms with Gasteiger partial charge in [-0.1, -0.05) is 78.8 Å². The molecule has 2 spiro atoms. The summed E-state index contributed by atoms with van der Waals surface area (Å²) in [5.74, 6) is 1.15. The van der Waals surface area contributed by atoms with Crippen LogP contribution in [-0.2, 0) is 28.5 Å². The molecular weight excluding hydrogens is 901 g/mol. The van der Waals surface area contributed by atoms with Crippen molar-refractivity contribution in [3.05, 3.63) is 58.7 Å². The van der Waals surface area contributed by atoms with E-state index in [1.807, 2.05) is 20.8 Å². The molecule has 13 heteroatoms. The minimum atomic E-state index is -1.40. The highest BCUT2D eigenvalue weighted by molar-refractivity contribution is 5.92. The molecule has 2 saturated heterocycles. The molecule has 0 aromatic heterocycles. The third kappa shape index (κ3) is 7.96. The second-order valence-corrected chi connectivity index (χ2v) is 26.6. The van der Waals surface area contributed by atoms with E-state index >= 15 is 0 Å². The number of aliphatic hydroxyl groups is 3. The van der Waals surface area contributed by atoms with Crippen molar-refractivity contribution in [1.82, 2.24) is 10.6 Å². The van der Waals surface area contributed by atoms with Gasteiger partial charge in [0.2, 0.25) is 0 Å². The third-order valence-electron chi connectivity index (χ3n) is 21.0. The first-order valence-electron chi connectivity index (χ1n) is 27.5. The van der Waals surface area contributed by atoms with E-state index in [1.165, 1.54) is 12.0 Å². The minimum Gasteiger partial charge on any atom is -0.458 e. The molecule has 0 aromatic carbocycles. The standard InChI is InChI=1S/C58H82N2O11/c1-31(2)56(66)28-47-58(71-47)55(9)22-20-39-40(29-67-48(39)63)43(55)25-46-57(58,70-46)49(56)69-51(65)60-53(7)27-37(26-52(5,6)30-53)59-50(64)68-45(35-14-15-35)19-12-32(3)41-17-18-42-34(11-10-21-54(41,42)8)13-16-36-23-38(61)24-44(62)33(36)4/h12-13,16,19,31-32,35,37-38,41-47,49,61-62,66H,4,10-11,14-15,17-18,20-30H2,1-3,5-9H3,(H,59,64)(H,60,65)/b19-12+,34-13+,36-16-/t32-,37?,38+,41?,42?,43-,44-,45?,46-,47-,49+,53?,54+,55-,56+,57+,58+/m0/s1. The third-order valence-corrected chi connectivity index (χ3v) is 21.0. The van der Waals surface area contributed by atoms with Gasteiger partial charge in [-0.15, -0.1) is 0 Å². The van der Waals surface area contributed by atoms with Crippen LogP contribution in [0.2, 0.25) is 0 Å². The molecule has 13 nitrogen and oxygen atoms in total. The Morgan fingerprint density at radius 3 is 2.41 bits per heavy atom. The number of cyclic esters (lactones) is 1. The molecule has 17 atom stereocenters. The fraction of sp³-hybridized carbons (Fsp3) is 0.776. The van der Waals surface area contributed by atoms with Gasteiger partial charge in [-0.05, 0) is 166 Å². The fourth-order valence-corrected chi connectivity index (χ4v) is 17.5. The van der Waals surface area contributed by atoms with Crippen LogP contribution >= 0.6 is 0 Å². The maximum Gasteiger partial charge on any atom is 0.408 e. The minimum absolute atomic E-state index is 0.0386. The van der Waals surface area contributed by atoms with Crippen molar-refractivity contribution >= 4 is 18.2 Å². The van der Waals surface area contributed by atoms with Crippen molar-refractivity contribution in [3.63, 3.8) is 0 Å². The molecule has 0 radical (unpaired) electrons. The Morgan fingerprint density at radius 2 is 1.66 bits per heavy atom. The second-order valence-electron chi connectivity index (χ2n) is 26.6. The quantitative estimate of drug-likeness (QED) is 0.0608. The lowest BCUT2D eigenvalue weighted by molar-refractivity contribution is -0.180. The Kier molecular flexibility index (Phi) is 11.9. The van der Waals surface area contributed by atoms with Crippen LogP contribution in [0.4, 0.5) is 9.59 Å². The lowest BCUT2D eigenvalue weighted by atomic mass is 9.46. The summed E-state index contributed by atoms with van der Waals surface area (Å²) in [5, 5.41) is 39.8. The van der Waals surface area contributed by atoms with Crippen LogP contribution in [0, 0.1) is 51.8 Å². The van der Waals surface area contributed by atoms with E-state index in [9.17, 15) is 29.7 Å². The number of fused-ring (bicyclic) bond motifs is 3. The SMILES string of the molecule is C=C1/C(=C\C=C2/CCC[C@@]3(C)C2CCC3[C@@H](C)/C=C/C(OC(=O)NC2CC(C)(C)CC(C)(NC(=O)O[C@H]3[C@]45O[C@H]4C[C@H]4C6=C(CC[C@]4(C)[C@@]54O[C@H]4C[C@@]3(O)C(C)C)C(=O)OC6)C2)C2CC2)C[C@@H](O)C[C@@H]1O. The van der Waals surface area contributed by atoms with Gasteiger partial charge in [-0.2, -0.15) is 0 Å². The summed E-state index contributed by atoms with van der Waals surface area (Å²) >= 11 is 0. The van der Waals surface area contributed by atoms with Gasteiger partial charge in [0, 0.05) is 35.4 Å². The van der Waals surface area contributed by atoms with Crippen molar-refractivity contribution in [2.24, 2.45) is 51.8 Å². The summed E-state index contributed by atoms with van der Waals surface area (Å²) < 4.78 is 32.0. The molecule has 0 aromatic rings. The number of carbonyl (C=O) groups is 3. The molecule has 0 bridgehead atoms. The van der Waals surface area contributed by atoms with E-state index in [4.69, 9.17) is 23.7 Å². The van der Waals surface area contributed by atoms with Crippen LogP contribution in [0.3, 0.4) is 0 Å². The average molecular weight is 983 g/mol. The number of hydrogen-bond donors (Lipinski definition) is 5. The van der Waals surface area contributed by atoms with Crippen LogP contribution in [0.1, 0.15) is 158 Å². The summed E-state index contributed by atoms with van der Waals surface area (Å²) in [5.41, 5.74) is 0.606. The van der Waals surface area contributed by atoms with Crippen LogP contribution in [0.15, 0.2) is 58.7 Å². The highest BCUT2D eigenvalue weighted by Gasteiger charge is 2.95. The predicted octanol–water partition coefficient (Wildman–Crippen LogP) is 9.00. The van der Waals surface area contributed by atoms with E-state index in [2.05, 4.69) is 76.1 Å². The monoisotopic (exact) mass is 983 g/mol. The summed E-state index contributed by atoms with van der Waals surface area (Å²) in [4.78, 5) is 41.1. The Hall–Kier alpha value is -3.49. The molecule has 3 heterocycles. The lowest BCUT2D eigenvalue weighted by Gasteiger charge is -2.56. The first kappa shape index (κ1) is 49.7. The molecule has 11 aliphatic rings. The molecule has 11 rings (SSSR count). The number of alkyl carbamates (subject to hydrolysis) is 2. The van der Waals surface area contributed by atoms with Gasteiger partial charge in [0.1, 0.15) is 23.9 Å². The zero-order chi connectivity index (χ0) is 50.4. The van der Waals surface area contributed by atoms with Gasteiger partial charge in [0.15, 0.2) is 11.7 Å². The van der Waals surface area contributed by atoms with Crippen LogP contribution in [-0.4, -0.2) is 105 Å². The Morgan fingerprint density at radius 1 is 0.887 bits per heavy atom. The number of esters is 1. The van der Waals surface area contributed by atoms with Crippen molar-refractivity contribution < 1.29 is 53.4 Å². The highest BCUT2D eigenvalue weighted by Crippen LogP contribution is 2.80. The normalized spacial score (nSPS) is 47.1. The maximum absolute atomic E-state index is 14.5. The van der Waals surface area contributed by atoms with Crippen LogP contribution in [0.25, 0.3) is 0 Å². The van der Waals surface area contributed by atoms with Crippen LogP contribution < -0.4 is 10.6 Å². The fourth-order valence-electron chi connectivity index (χ4n) is 17.5. The number of nitrogens with one attached hydrogen (secondary N) is 2.